The summed E-state index contributed by atoms with van der Waals surface area (Å²) in [4.78, 5) is 4.34. The number of aryl methyl sites for hydroxylation is 1. The molecule has 0 saturated carbocycles. The lowest BCUT2D eigenvalue weighted by Gasteiger charge is -2.26. The van der Waals surface area contributed by atoms with Gasteiger partial charge in [-0.05, 0) is 14.0 Å². The Morgan fingerprint density at radius 2 is 2.33 bits per heavy atom. The summed E-state index contributed by atoms with van der Waals surface area (Å²) in [5, 5.41) is 2.17. The number of hydrazine groups is 1. The molecule has 0 fully saturated rings. The van der Waals surface area contributed by atoms with Gasteiger partial charge in [-0.25, -0.2) is 9.99 Å². The van der Waals surface area contributed by atoms with Crippen molar-refractivity contribution < 1.29 is 0 Å². The van der Waals surface area contributed by atoms with Crippen LogP contribution in [0.2, 0.25) is 0 Å². The van der Waals surface area contributed by atoms with E-state index in [9.17, 15) is 0 Å². The van der Waals surface area contributed by atoms with Gasteiger partial charge in [-0.2, -0.15) is 0 Å². The fraction of sp³-hybridized carbons (Fsp3) is 0.625. The van der Waals surface area contributed by atoms with Crippen LogP contribution in [0.25, 0.3) is 0 Å². The van der Waals surface area contributed by atoms with Crippen LogP contribution < -0.4 is 5.43 Å². The first-order valence-corrected chi connectivity index (χ1v) is 4.24. The summed E-state index contributed by atoms with van der Waals surface area (Å²) in [6.07, 6.45) is 1.94. The standard InChI is InChI=1S/C8H14N4/c1-7-5-10-8-6-11(9-2)3-4-12(7)8/h5,9H,3-4,6H2,1-2H3. The van der Waals surface area contributed by atoms with E-state index in [0.29, 0.717) is 0 Å². The molecule has 4 heteroatoms. The van der Waals surface area contributed by atoms with Crippen LogP contribution in [0.1, 0.15) is 11.5 Å². The number of nitrogens with zero attached hydrogens (tertiary/aromatic N) is 3. The van der Waals surface area contributed by atoms with Gasteiger partial charge in [0.15, 0.2) is 0 Å². The summed E-state index contributed by atoms with van der Waals surface area (Å²) < 4.78 is 2.27. The lowest BCUT2D eigenvalue weighted by atomic mass is 10.4. The van der Waals surface area contributed by atoms with Crippen LogP contribution in [0.5, 0.6) is 0 Å². The maximum atomic E-state index is 4.34. The molecule has 0 spiro atoms. The molecular weight excluding hydrogens is 152 g/mol. The molecule has 0 bridgehead atoms. The van der Waals surface area contributed by atoms with Crippen LogP contribution in [-0.4, -0.2) is 28.2 Å². The molecule has 12 heavy (non-hydrogen) atoms. The number of aromatic nitrogens is 2. The second-order valence-corrected chi connectivity index (χ2v) is 3.11. The van der Waals surface area contributed by atoms with Gasteiger partial charge in [0.05, 0.1) is 6.54 Å². The molecule has 0 unspecified atom stereocenters. The summed E-state index contributed by atoms with van der Waals surface area (Å²) >= 11 is 0. The number of imidazole rings is 1. The van der Waals surface area contributed by atoms with E-state index in [1.807, 2.05) is 13.2 Å². The quantitative estimate of drug-likeness (QED) is 0.644. The molecule has 0 saturated heterocycles. The SMILES string of the molecule is CNN1CCn2c(C)cnc2C1. The van der Waals surface area contributed by atoms with Crippen molar-refractivity contribution >= 4 is 0 Å². The predicted octanol–water partition coefficient (Wildman–Crippen LogP) is 0.142. The molecule has 4 nitrogen and oxygen atoms in total. The van der Waals surface area contributed by atoms with E-state index in [1.165, 1.54) is 5.69 Å². The molecule has 0 aliphatic carbocycles. The van der Waals surface area contributed by atoms with E-state index in [0.717, 1.165) is 25.5 Å². The first-order valence-electron chi connectivity index (χ1n) is 4.24. The maximum Gasteiger partial charge on any atom is 0.124 e. The maximum absolute atomic E-state index is 4.34. The summed E-state index contributed by atoms with van der Waals surface area (Å²) in [7, 11) is 1.95. The highest BCUT2D eigenvalue weighted by Crippen LogP contribution is 2.11. The van der Waals surface area contributed by atoms with Gasteiger partial charge < -0.3 is 4.57 Å². The van der Waals surface area contributed by atoms with Crippen molar-refractivity contribution in [3.8, 4) is 0 Å². The molecule has 0 radical (unpaired) electrons. The van der Waals surface area contributed by atoms with Crippen LogP contribution in [0.3, 0.4) is 0 Å². The molecule has 2 heterocycles. The highest BCUT2D eigenvalue weighted by atomic mass is 15.5. The molecule has 0 atom stereocenters. The summed E-state index contributed by atoms with van der Waals surface area (Å²) in [6.45, 7) is 5.11. The third-order valence-electron chi connectivity index (χ3n) is 2.38. The Morgan fingerprint density at radius 1 is 1.50 bits per heavy atom. The van der Waals surface area contributed by atoms with Crippen LogP contribution >= 0.6 is 0 Å². The number of hydrogen-bond donors (Lipinski definition) is 1. The Labute approximate surface area is 72.2 Å². The van der Waals surface area contributed by atoms with Gasteiger partial charge in [0.1, 0.15) is 5.82 Å². The smallest absolute Gasteiger partial charge is 0.124 e. The van der Waals surface area contributed by atoms with E-state index in [4.69, 9.17) is 0 Å². The fourth-order valence-corrected chi connectivity index (χ4v) is 1.60. The van der Waals surface area contributed by atoms with Crippen LogP contribution in [-0.2, 0) is 13.1 Å². The Hall–Kier alpha value is -0.870. The van der Waals surface area contributed by atoms with Crippen molar-refractivity contribution in [2.75, 3.05) is 13.6 Å². The van der Waals surface area contributed by atoms with E-state index in [-0.39, 0.29) is 0 Å². The van der Waals surface area contributed by atoms with Crippen molar-refractivity contribution in [2.45, 2.75) is 20.0 Å². The Bertz CT molecular complexity index is 279. The Morgan fingerprint density at radius 3 is 3.08 bits per heavy atom. The van der Waals surface area contributed by atoms with E-state index in [2.05, 4.69) is 26.9 Å². The molecule has 0 amide bonds. The topological polar surface area (TPSA) is 33.1 Å². The predicted molar refractivity (Wildman–Crippen MR) is 46.4 cm³/mol. The van der Waals surface area contributed by atoms with Crippen molar-refractivity contribution in [2.24, 2.45) is 0 Å². The lowest BCUT2D eigenvalue weighted by molar-refractivity contribution is 0.159. The number of hydrogen-bond acceptors (Lipinski definition) is 3. The summed E-state index contributed by atoms with van der Waals surface area (Å²) in [5.41, 5.74) is 4.40. The van der Waals surface area contributed by atoms with Crippen molar-refractivity contribution in [3.05, 3.63) is 17.7 Å². The number of nitrogens with one attached hydrogen (secondary N) is 1. The molecule has 1 aliphatic rings. The molecule has 1 aromatic heterocycles. The molecule has 1 N–H and O–H groups in total. The zero-order valence-electron chi connectivity index (χ0n) is 7.54. The van der Waals surface area contributed by atoms with Crippen LogP contribution in [0.4, 0.5) is 0 Å². The van der Waals surface area contributed by atoms with E-state index in [1.54, 1.807) is 0 Å². The molecule has 2 rings (SSSR count). The van der Waals surface area contributed by atoms with Crippen molar-refractivity contribution in [1.82, 2.24) is 20.0 Å². The highest BCUT2D eigenvalue weighted by molar-refractivity contribution is 5.04. The van der Waals surface area contributed by atoms with Gasteiger partial charge in [-0.1, -0.05) is 0 Å². The fourth-order valence-electron chi connectivity index (χ4n) is 1.60. The normalized spacial score (nSPS) is 17.8. The highest BCUT2D eigenvalue weighted by Gasteiger charge is 2.16. The second-order valence-electron chi connectivity index (χ2n) is 3.11. The van der Waals surface area contributed by atoms with Crippen molar-refractivity contribution in [3.63, 3.8) is 0 Å². The third kappa shape index (κ3) is 1.13. The first-order chi connectivity index (χ1) is 5.81. The third-order valence-corrected chi connectivity index (χ3v) is 2.38. The Kier molecular flexibility index (Phi) is 1.86. The Balaban J connectivity index is 2.24. The van der Waals surface area contributed by atoms with Gasteiger partial charge >= 0.3 is 0 Å². The molecule has 1 aromatic rings. The minimum absolute atomic E-state index is 0.907. The van der Waals surface area contributed by atoms with Gasteiger partial charge in [-0.3, -0.25) is 5.43 Å². The molecule has 66 valence electrons. The molecule has 1 aliphatic heterocycles. The number of rotatable bonds is 1. The monoisotopic (exact) mass is 166 g/mol. The van der Waals surface area contributed by atoms with Gasteiger partial charge in [0.25, 0.3) is 0 Å². The lowest BCUT2D eigenvalue weighted by Crippen LogP contribution is -2.41. The van der Waals surface area contributed by atoms with Crippen LogP contribution in [0, 0.1) is 6.92 Å². The second kappa shape index (κ2) is 2.88. The zero-order valence-corrected chi connectivity index (χ0v) is 7.54. The van der Waals surface area contributed by atoms with E-state index >= 15 is 0 Å². The zero-order chi connectivity index (χ0) is 8.55. The average Bonchev–Trinajstić information content (AvgIpc) is 2.47. The molecule has 0 aromatic carbocycles. The van der Waals surface area contributed by atoms with Gasteiger partial charge in [0.2, 0.25) is 0 Å². The van der Waals surface area contributed by atoms with Gasteiger partial charge in [0, 0.05) is 25.0 Å². The number of fused-ring (bicyclic) bond motifs is 1. The molecular formula is C8H14N4. The largest absolute Gasteiger partial charge is 0.330 e. The first kappa shape index (κ1) is 7.76. The van der Waals surface area contributed by atoms with E-state index < -0.39 is 0 Å². The van der Waals surface area contributed by atoms with Crippen LogP contribution in [0.15, 0.2) is 6.20 Å². The minimum atomic E-state index is 0.907. The van der Waals surface area contributed by atoms with Crippen molar-refractivity contribution in [1.29, 1.82) is 0 Å². The minimum Gasteiger partial charge on any atom is -0.330 e. The summed E-state index contributed by atoms with van der Waals surface area (Å²) in [5.74, 6) is 1.16. The average molecular weight is 166 g/mol. The van der Waals surface area contributed by atoms with Gasteiger partial charge in [-0.15, -0.1) is 0 Å². The summed E-state index contributed by atoms with van der Waals surface area (Å²) in [6, 6.07) is 0.